The topological polar surface area (TPSA) is 26.0 Å². The van der Waals surface area contributed by atoms with Crippen molar-refractivity contribution in [3.63, 3.8) is 0 Å². The molecule has 15 heavy (non-hydrogen) atoms. The predicted molar refractivity (Wildman–Crippen MR) is 69.8 cm³/mol. The molecule has 1 heteroatoms. The Balaban J connectivity index is 4.91. The van der Waals surface area contributed by atoms with E-state index in [0.717, 1.165) is 0 Å². The molecule has 0 heterocycles. The van der Waals surface area contributed by atoms with Crippen LogP contribution in [0.2, 0.25) is 0 Å². The SMILES string of the molecule is CC(C)C(N)C(C)(CC(C)(C)C)C(C)C. The van der Waals surface area contributed by atoms with Crippen LogP contribution >= 0.6 is 0 Å². The van der Waals surface area contributed by atoms with Gasteiger partial charge in [0.15, 0.2) is 0 Å². The van der Waals surface area contributed by atoms with E-state index in [1.807, 2.05) is 0 Å². The second-order valence-electron chi connectivity index (χ2n) is 7.17. The van der Waals surface area contributed by atoms with E-state index in [1.165, 1.54) is 6.42 Å². The molecule has 2 unspecified atom stereocenters. The molecule has 0 bridgehead atoms. The standard InChI is InChI=1S/C14H31N/c1-10(2)12(15)14(8,11(3)4)9-13(5,6)7/h10-12H,9,15H2,1-8H3. The minimum atomic E-state index is 0.242. The Morgan fingerprint density at radius 1 is 0.933 bits per heavy atom. The summed E-state index contributed by atoms with van der Waals surface area (Å²) in [5.74, 6) is 1.19. The fourth-order valence-electron chi connectivity index (χ4n) is 2.61. The Kier molecular flexibility index (Phi) is 4.85. The average Bonchev–Trinajstić information content (AvgIpc) is 1.99. The summed E-state index contributed by atoms with van der Waals surface area (Å²) in [7, 11) is 0. The number of hydrogen-bond acceptors (Lipinski definition) is 1. The number of nitrogens with two attached hydrogens (primary N) is 1. The van der Waals surface area contributed by atoms with Gasteiger partial charge in [0.1, 0.15) is 0 Å². The molecule has 0 amide bonds. The van der Waals surface area contributed by atoms with Crippen LogP contribution in [0.3, 0.4) is 0 Å². The summed E-state index contributed by atoms with van der Waals surface area (Å²) in [6.45, 7) is 18.3. The summed E-state index contributed by atoms with van der Waals surface area (Å²) in [5, 5.41) is 0. The van der Waals surface area contributed by atoms with Gasteiger partial charge in [0, 0.05) is 6.04 Å². The molecule has 1 nitrogen and oxygen atoms in total. The Labute approximate surface area is 96.8 Å². The average molecular weight is 213 g/mol. The lowest BCUT2D eigenvalue weighted by atomic mass is 9.62. The van der Waals surface area contributed by atoms with Gasteiger partial charge in [0.2, 0.25) is 0 Å². The third-order valence-corrected chi connectivity index (χ3v) is 3.71. The van der Waals surface area contributed by atoms with Gasteiger partial charge >= 0.3 is 0 Å². The molecule has 92 valence electrons. The molecule has 0 aromatic rings. The van der Waals surface area contributed by atoms with Gasteiger partial charge in [-0.05, 0) is 29.1 Å². The van der Waals surface area contributed by atoms with Crippen LogP contribution in [0.15, 0.2) is 0 Å². The number of rotatable bonds is 4. The second kappa shape index (κ2) is 4.86. The molecule has 0 radical (unpaired) electrons. The maximum atomic E-state index is 6.40. The van der Waals surface area contributed by atoms with Crippen LogP contribution in [0.25, 0.3) is 0 Å². The van der Waals surface area contributed by atoms with Crippen LogP contribution in [0.4, 0.5) is 0 Å². The van der Waals surface area contributed by atoms with Gasteiger partial charge < -0.3 is 5.73 Å². The zero-order valence-corrected chi connectivity index (χ0v) is 12.0. The zero-order valence-electron chi connectivity index (χ0n) is 12.0. The summed E-state index contributed by atoms with van der Waals surface area (Å²) in [5.41, 5.74) is 7.00. The van der Waals surface area contributed by atoms with Crippen molar-refractivity contribution in [3.8, 4) is 0 Å². The molecule has 2 atom stereocenters. The highest BCUT2D eigenvalue weighted by Gasteiger charge is 2.39. The molecule has 0 aliphatic carbocycles. The van der Waals surface area contributed by atoms with E-state index in [0.29, 0.717) is 17.3 Å². The highest BCUT2D eigenvalue weighted by Crippen LogP contribution is 2.43. The van der Waals surface area contributed by atoms with Crippen molar-refractivity contribution >= 4 is 0 Å². The Hall–Kier alpha value is -0.0400. The summed E-state index contributed by atoms with van der Waals surface area (Å²) >= 11 is 0. The van der Waals surface area contributed by atoms with E-state index in [-0.39, 0.29) is 11.5 Å². The lowest BCUT2D eigenvalue weighted by Gasteiger charge is -2.45. The first kappa shape index (κ1) is 15.0. The first-order valence-corrected chi connectivity index (χ1v) is 6.26. The lowest BCUT2D eigenvalue weighted by Crippen LogP contribution is -2.48. The first-order chi connectivity index (χ1) is 6.50. The molecule has 0 aromatic heterocycles. The Morgan fingerprint density at radius 2 is 1.33 bits per heavy atom. The fraction of sp³-hybridized carbons (Fsp3) is 1.00. The van der Waals surface area contributed by atoms with Crippen LogP contribution < -0.4 is 5.73 Å². The van der Waals surface area contributed by atoms with Gasteiger partial charge in [-0.3, -0.25) is 0 Å². The lowest BCUT2D eigenvalue weighted by molar-refractivity contribution is 0.0757. The van der Waals surface area contributed by atoms with Crippen LogP contribution in [-0.4, -0.2) is 6.04 Å². The monoisotopic (exact) mass is 213 g/mol. The smallest absolute Gasteiger partial charge is 0.0119 e. The van der Waals surface area contributed by atoms with Crippen LogP contribution in [0.1, 0.15) is 61.8 Å². The van der Waals surface area contributed by atoms with Gasteiger partial charge in [-0.25, -0.2) is 0 Å². The van der Waals surface area contributed by atoms with Crippen LogP contribution in [0, 0.1) is 22.7 Å². The van der Waals surface area contributed by atoms with Gasteiger partial charge in [0.25, 0.3) is 0 Å². The largest absolute Gasteiger partial charge is 0.327 e. The van der Waals surface area contributed by atoms with E-state index in [2.05, 4.69) is 55.4 Å². The molecule has 0 fully saturated rings. The van der Waals surface area contributed by atoms with Crippen molar-refractivity contribution in [1.82, 2.24) is 0 Å². The zero-order chi connectivity index (χ0) is 12.4. The van der Waals surface area contributed by atoms with Gasteiger partial charge in [-0.2, -0.15) is 0 Å². The first-order valence-electron chi connectivity index (χ1n) is 6.26. The molecule has 2 N–H and O–H groups in total. The number of hydrogen-bond donors (Lipinski definition) is 1. The molecule has 0 aliphatic rings. The van der Waals surface area contributed by atoms with Gasteiger partial charge in [-0.1, -0.05) is 55.4 Å². The van der Waals surface area contributed by atoms with Crippen molar-refractivity contribution in [3.05, 3.63) is 0 Å². The Morgan fingerprint density at radius 3 is 1.53 bits per heavy atom. The fourth-order valence-corrected chi connectivity index (χ4v) is 2.61. The molecular weight excluding hydrogens is 182 g/mol. The molecule has 0 aromatic carbocycles. The van der Waals surface area contributed by atoms with Crippen LogP contribution in [0.5, 0.6) is 0 Å². The summed E-state index contributed by atoms with van der Waals surface area (Å²) in [4.78, 5) is 0. The van der Waals surface area contributed by atoms with Crippen molar-refractivity contribution < 1.29 is 0 Å². The third-order valence-electron chi connectivity index (χ3n) is 3.71. The van der Waals surface area contributed by atoms with Crippen molar-refractivity contribution in [1.29, 1.82) is 0 Å². The summed E-state index contributed by atoms with van der Waals surface area (Å²) in [6, 6.07) is 0.289. The van der Waals surface area contributed by atoms with Crippen LogP contribution in [-0.2, 0) is 0 Å². The van der Waals surface area contributed by atoms with Crippen molar-refractivity contribution in [2.24, 2.45) is 28.4 Å². The maximum Gasteiger partial charge on any atom is 0.0119 e. The van der Waals surface area contributed by atoms with Gasteiger partial charge in [-0.15, -0.1) is 0 Å². The van der Waals surface area contributed by atoms with E-state index >= 15 is 0 Å². The van der Waals surface area contributed by atoms with E-state index < -0.39 is 0 Å². The minimum Gasteiger partial charge on any atom is -0.327 e. The molecule has 0 aliphatic heterocycles. The van der Waals surface area contributed by atoms with E-state index in [4.69, 9.17) is 5.73 Å². The van der Waals surface area contributed by atoms with Crippen molar-refractivity contribution in [2.75, 3.05) is 0 Å². The molecule has 0 saturated heterocycles. The highest BCUT2D eigenvalue weighted by molar-refractivity contribution is 4.92. The predicted octanol–water partition coefficient (Wildman–Crippen LogP) is 4.07. The van der Waals surface area contributed by atoms with E-state index in [1.54, 1.807) is 0 Å². The normalized spacial score (nSPS) is 19.4. The summed E-state index contributed by atoms with van der Waals surface area (Å²) in [6.07, 6.45) is 1.19. The quantitative estimate of drug-likeness (QED) is 0.748. The minimum absolute atomic E-state index is 0.242. The van der Waals surface area contributed by atoms with E-state index in [9.17, 15) is 0 Å². The molecule has 0 spiro atoms. The molecular formula is C14H31N. The molecule has 0 saturated carbocycles. The summed E-state index contributed by atoms with van der Waals surface area (Å²) < 4.78 is 0. The third kappa shape index (κ3) is 4.14. The maximum absolute atomic E-state index is 6.40. The second-order valence-corrected chi connectivity index (χ2v) is 7.17. The highest BCUT2D eigenvalue weighted by atomic mass is 14.7. The Bertz CT molecular complexity index is 188. The van der Waals surface area contributed by atoms with Crippen molar-refractivity contribution in [2.45, 2.75) is 67.9 Å². The van der Waals surface area contributed by atoms with Gasteiger partial charge in [0.05, 0.1) is 0 Å². The molecule has 0 rings (SSSR count).